The van der Waals surface area contributed by atoms with Crippen LogP contribution in [0.25, 0.3) is 0 Å². The molecule has 0 saturated heterocycles. The van der Waals surface area contributed by atoms with Crippen LogP contribution in [0.4, 0.5) is 0 Å². The fourth-order valence-electron chi connectivity index (χ4n) is 3.22. The fraction of sp³-hybridized carbons (Fsp3) is 0.167. The molecular weight excluding hydrogens is 397 g/mol. The van der Waals surface area contributed by atoms with Crippen molar-refractivity contribution in [3.05, 3.63) is 114 Å². The van der Waals surface area contributed by atoms with E-state index in [0.29, 0.717) is 15.0 Å². The van der Waals surface area contributed by atoms with E-state index >= 15 is 0 Å². The van der Waals surface area contributed by atoms with E-state index < -0.39 is 0 Å². The van der Waals surface area contributed by atoms with Crippen LogP contribution in [-0.4, -0.2) is 20.0 Å². The summed E-state index contributed by atoms with van der Waals surface area (Å²) in [5.74, 6) is 1.09. The van der Waals surface area contributed by atoms with Crippen molar-refractivity contribution in [3.63, 3.8) is 0 Å². The Kier molecular flexibility index (Phi) is 6.06. The molecule has 3 heteroatoms. The van der Waals surface area contributed by atoms with E-state index in [4.69, 9.17) is 4.84 Å². The van der Waals surface area contributed by atoms with Crippen molar-refractivity contribution < 1.29 is 4.84 Å². The van der Waals surface area contributed by atoms with Gasteiger partial charge in [-0.3, -0.25) is 0 Å². The van der Waals surface area contributed by atoms with E-state index in [1.807, 2.05) is 0 Å². The van der Waals surface area contributed by atoms with Crippen molar-refractivity contribution in [2.24, 2.45) is 0 Å². The quantitative estimate of drug-likeness (QED) is 0.505. The molecule has 1 aliphatic heterocycles. The molecule has 0 N–H and O–H groups in total. The molecule has 1 unspecified atom stereocenters. The molecule has 1 heterocycles. The molecule has 0 radical (unpaired) electrons. The van der Waals surface area contributed by atoms with Crippen molar-refractivity contribution in [2.75, 3.05) is 0 Å². The summed E-state index contributed by atoms with van der Waals surface area (Å²) < 4.78 is 1.45. The van der Waals surface area contributed by atoms with Crippen LogP contribution in [0.15, 0.2) is 103 Å². The van der Waals surface area contributed by atoms with Gasteiger partial charge in [0.05, 0.1) is 0 Å². The van der Waals surface area contributed by atoms with Crippen molar-refractivity contribution in [2.45, 2.75) is 24.3 Å². The van der Waals surface area contributed by atoms with Crippen LogP contribution in [0.2, 0.25) is 5.32 Å². The molecule has 0 spiro atoms. The van der Waals surface area contributed by atoms with Crippen LogP contribution in [-0.2, 0) is 11.4 Å². The van der Waals surface area contributed by atoms with Gasteiger partial charge >= 0.3 is 168 Å². The molecule has 2 nitrogen and oxygen atoms in total. The normalized spacial score (nSPS) is 16.7. The van der Waals surface area contributed by atoms with Crippen molar-refractivity contribution >= 4 is 19.4 Å². The van der Waals surface area contributed by atoms with Gasteiger partial charge in [0, 0.05) is 0 Å². The zero-order valence-corrected chi connectivity index (χ0v) is 16.9. The van der Waals surface area contributed by atoms with Crippen molar-refractivity contribution in [1.29, 1.82) is 0 Å². The Morgan fingerprint density at radius 3 is 2.11 bits per heavy atom. The number of hydrogen-bond acceptors (Lipinski definition) is 2. The molecule has 0 aliphatic carbocycles. The van der Waals surface area contributed by atoms with Crippen molar-refractivity contribution in [1.82, 2.24) is 5.06 Å². The molecule has 0 saturated carbocycles. The maximum atomic E-state index is 6.27. The van der Waals surface area contributed by atoms with E-state index in [2.05, 4.69) is 102 Å². The topological polar surface area (TPSA) is 12.5 Å². The number of nitrogens with zero attached hydrogens (tertiary/aromatic N) is 1. The second-order valence-corrected chi connectivity index (χ2v) is 9.00. The third kappa shape index (κ3) is 4.90. The molecular formula is C24H23NOSe. The molecule has 1 atom stereocenters. The molecule has 136 valence electrons. The van der Waals surface area contributed by atoms with Gasteiger partial charge in [-0.05, 0) is 0 Å². The van der Waals surface area contributed by atoms with Gasteiger partial charge < -0.3 is 0 Å². The zero-order valence-electron chi connectivity index (χ0n) is 15.2. The van der Waals surface area contributed by atoms with E-state index in [1.54, 1.807) is 0 Å². The molecule has 0 aromatic heterocycles. The molecule has 1 aliphatic rings. The third-order valence-corrected chi connectivity index (χ3v) is 6.70. The first-order chi connectivity index (χ1) is 13.4. The number of benzene rings is 3. The summed E-state index contributed by atoms with van der Waals surface area (Å²) in [6.07, 6.45) is 3.28. The number of allylic oxidation sites excluding steroid dienone is 1. The maximum absolute atomic E-state index is 6.27. The van der Waals surface area contributed by atoms with Gasteiger partial charge in [-0.15, -0.1) is 0 Å². The first-order valence-corrected chi connectivity index (χ1v) is 11.4. The Morgan fingerprint density at radius 1 is 0.778 bits per heavy atom. The summed E-state index contributed by atoms with van der Waals surface area (Å²) in [5, 5.41) is 3.26. The molecule has 4 rings (SSSR count). The van der Waals surface area contributed by atoms with Crippen LogP contribution in [0.3, 0.4) is 0 Å². The predicted octanol–water partition coefficient (Wildman–Crippen LogP) is 4.90. The van der Waals surface area contributed by atoms with Crippen LogP contribution in [0.1, 0.15) is 23.6 Å². The molecule has 3 aromatic rings. The minimum absolute atomic E-state index is 0.172. The van der Waals surface area contributed by atoms with Gasteiger partial charge in [0.15, 0.2) is 0 Å². The fourth-order valence-corrected chi connectivity index (χ4v) is 5.08. The molecule has 0 amide bonds. The monoisotopic (exact) mass is 421 g/mol. The first kappa shape index (κ1) is 18.1. The molecule has 0 bridgehead atoms. The Morgan fingerprint density at radius 2 is 1.41 bits per heavy atom. The standard InChI is InChI=1S/C24H23NOSe/c1-4-10-20(11-5-1)19-25-24(21-12-6-2-7-13-21)18-22(26-25)16-17-27-23-14-8-3-9-15-23/h1-15,18,24H,16-17,19H2. The van der Waals surface area contributed by atoms with Gasteiger partial charge in [-0.2, -0.15) is 0 Å². The summed E-state index contributed by atoms with van der Waals surface area (Å²) in [4.78, 5) is 6.27. The summed E-state index contributed by atoms with van der Waals surface area (Å²) in [6.45, 7) is 0.782. The summed E-state index contributed by atoms with van der Waals surface area (Å²) in [6, 6.07) is 32.1. The number of rotatable bonds is 7. The van der Waals surface area contributed by atoms with E-state index in [-0.39, 0.29) is 6.04 Å². The van der Waals surface area contributed by atoms with Crippen LogP contribution < -0.4 is 4.46 Å². The molecule has 27 heavy (non-hydrogen) atoms. The van der Waals surface area contributed by atoms with E-state index in [0.717, 1.165) is 24.0 Å². The molecule has 0 fully saturated rings. The average Bonchev–Trinajstić information content (AvgIpc) is 3.13. The van der Waals surface area contributed by atoms with Crippen LogP contribution >= 0.6 is 0 Å². The second kappa shape index (κ2) is 9.05. The minimum atomic E-state index is 0.172. The van der Waals surface area contributed by atoms with E-state index in [9.17, 15) is 0 Å². The van der Waals surface area contributed by atoms with Crippen molar-refractivity contribution in [3.8, 4) is 0 Å². The zero-order chi connectivity index (χ0) is 18.3. The third-order valence-electron chi connectivity index (χ3n) is 4.57. The van der Waals surface area contributed by atoms with Crippen LogP contribution in [0.5, 0.6) is 0 Å². The Bertz CT molecular complexity index is 865. The summed E-state index contributed by atoms with van der Waals surface area (Å²) in [5.41, 5.74) is 2.54. The first-order valence-electron chi connectivity index (χ1n) is 9.30. The predicted molar refractivity (Wildman–Crippen MR) is 112 cm³/mol. The van der Waals surface area contributed by atoms with Gasteiger partial charge in [-0.25, -0.2) is 0 Å². The number of hydrogen-bond donors (Lipinski definition) is 0. The van der Waals surface area contributed by atoms with Gasteiger partial charge in [0.25, 0.3) is 0 Å². The Labute approximate surface area is 167 Å². The SMILES string of the molecule is C1=C(CC[Se]c2ccccc2)ON(Cc2ccccc2)C1c1ccccc1. The molecule has 3 aromatic carbocycles. The second-order valence-electron chi connectivity index (χ2n) is 6.55. The van der Waals surface area contributed by atoms with Gasteiger partial charge in [0.2, 0.25) is 0 Å². The number of hydroxylamine groups is 2. The average molecular weight is 420 g/mol. The van der Waals surface area contributed by atoms with Gasteiger partial charge in [0.1, 0.15) is 0 Å². The summed E-state index contributed by atoms with van der Waals surface area (Å²) in [7, 11) is 0. The van der Waals surface area contributed by atoms with Gasteiger partial charge in [-0.1, -0.05) is 0 Å². The Hall–Kier alpha value is -2.32. The van der Waals surface area contributed by atoms with E-state index in [1.165, 1.54) is 15.6 Å². The summed E-state index contributed by atoms with van der Waals surface area (Å²) >= 11 is 0.487. The van der Waals surface area contributed by atoms with Crippen LogP contribution in [0, 0.1) is 0 Å². The Balaban J connectivity index is 1.44.